The Morgan fingerprint density at radius 1 is 0.362 bits per heavy atom. The number of hydrogen-bond donors (Lipinski definition) is 4. The van der Waals surface area contributed by atoms with Gasteiger partial charge in [0.1, 0.15) is 11.2 Å². The third-order valence-electron chi connectivity index (χ3n) is 19.1. The van der Waals surface area contributed by atoms with Crippen molar-refractivity contribution in [2.75, 3.05) is 128 Å². The molecule has 0 bridgehead atoms. The van der Waals surface area contributed by atoms with E-state index in [2.05, 4.69) is 410 Å². The summed E-state index contributed by atoms with van der Waals surface area (Å²) in [5, 5.41) is 26.2. The topological polar surface area (TPSA) is 152 Å². The summed E-state index contributed by atoms with van der Waals surface area (Å²) in [5.74, 6) is -0.211. The third kappa shape index (κ3) is 43.8. The van der Waals surface area contributed by atoms with Crippen molar-refractivity contribution in [2.45, 2.75) is 74.0 Å². The average molecular weight is 1910 g/mol. The number of hydrogen-bond acceptors (Lipinski definition) is 9. The van der Waals surface area contributed by atoms with Crippen LogP contribution < -0.4 is 97.7 Å². The van der Waals surface area contributed by atoms with Crippen LogP contribution in [0, 0.1) is 0 Å². The van der Waals surface area contributed by atoms with Crippen molar-refractivity contribution < 1.29 is 52.1 Å². The molecule has 0 unspecified atom stereocenters. The van der Waals surface area contributed by atoms with Gasteiger partial charge in [-0.1, -0.05) is 387 Å². The van der Waals surface area contributed by atoms with Crippen molar-refractivity contribution in [1.29, 1.82) is 0 Å². The van der Waals surface area contributed by atoms with Gasteiger partial charge in [-0.25, -0.2) is 9.59 Å². The molecule has 0 aromatic heterocycles. The lowest BCUT2D eigenvalue weighted by molar-refractivity contribution is -0.646. The molecule has 0 aliphatic heterocycles. The first-order valence-corrected chi connectivity index (χ1v) is 53.3. The van der Waals surface area contributed by atoms with Crippen LogP contribution in [0.4, 0.5) is 14.0 Å². The van der Waals surface area contributed by atoms with Gasteiger partial charge < -0.3 is 58.1 Å². The summed E-state index contributed by atoms with van der Waals surface area (Å²) in [5.41, 5.74) is 5.14. The zero-order valence-electron chi connectivity index (χ0n) is 75.6. The number of quaternary nitrogens is 1. The van der Waals surface area contributed by atoms with Gasteiger partial charge in [0.25, 0.3) is 0 Å². The van der Waals surface area contributed by atoms with Crippen molar-refractivity contribution in [3.05, 3.63) is 364 Å². The Morgan fingerprint density at radius 3 is 0.717 bits per heavy atom. The van der Waals surface area contributed by atoms with Gasteiger partial charge in [0, 0.05) is 83.5 Å². The van der Waals surface area contributed by atoms with E-state index in [-0.39, 0.29) is 69.7 Å². The lowest BCUT2D eigenvalue weighted by Crippen LogP contribution is -3.00. The molecule has 12 rings (SSSR count). The number of alkyl carbamates (subject to hydrolysis) is 2. The predicted octanol–water partition coefficient (Wildman–Crippen LogP) is 15.1. The second kappa shape index (κ2) is 64.5. The van der Waals surface area contributed by atoms with Gasteiger partial charge in [-0.15, -0.1) is 0 Å². The van der Waals surface area contributed by atoms with Crippen molar-refractivity contribution in [3.63, 3.8) is 0 Å². The molecule has 0 saturated heterocycles. The standard InChI is InChI=1S/C35H42N2O2P2.C30H34N2P2.C28H29NP2.C7H14BrNO2.C4H8O2.CH3F.CH4.ClH/c1-35(2,3)39-34(38)36-24-25-37(26-28-40(30-16-8-4-9-17-30)31-18-10-5-11-19-31)27-29-41(32-20-12-6-13-21-32)33-22-14-7-15-23-33;31-21-22-32(23-25-33(27-13-5-1-6-14-27)28-15-7-2-8-16-28)24-26-34(29-17-9-3-10-18-29)30-19-11-4-12-20-30;1-5-13-25(14-6-1)30(26-15-7-2-8-16-26)23-21-29-22-24-31(27-17-9-3-10-18-27)28-19-11-4-12-20-28;1-7(2,3)11-6(10)9-5-4-8;1-3-6-4(2)5;1-2;;/h4-23H,24-29H2,1-3H3,(H,36,38);1-20H,21-26,31H2;1-20,29H,21-24H2;4-5H2,1-3H3,(H,9,10);3H2,1-2H3;1H3;1H4;1H/i;;;;;1D;;. The molecule has 2 amide bonds. The fraction of sp³-hybridized carbons (Fsp3) is 0.292. The first kappa shape index (κ1) is 108. The molecule has 12 nitrogen and oxygen atoms in total. The van der Waals surface area contributed by atoms with E-state index in [0.29, 0.717) is 26.2 Å². The van der Waals surface area contributed by atoms with Crippen molar-refractivity contribution in [3.8, 4) is 0 Å². The molecule has 0 atom stereocenters. The fourth-order valence-electron chi connectivity index (χ4n) is 13.4. The first-order chi connectivity index (χ1) is 61.3. The van der Waals surface area contributed by atoms with Gasteiger partial charge in [0.05, 0.1) is 28.2 Å². The van der Waals surface area contributed by atoms with Crippen LogP contribution in [0.15, 0.2) is 364 Å². The highest BCUT2D eigenvalue weighted by Crippen LogP contribution is 2.39. The number of rotatable bonds is 38. The summed E-state index contributed by atoms with van der Waals surface area (Å²) in [7, 11) is -3.35. The number of halogens is 3. The molecular formula is C106H135BrClFN6O6P6. The quantitative estimate of drug-likeness (QED) is 0.00974. The molecule has 12 aromatic carbocycles. The Hall–Kier alpha value is -8.23. The molecule has 0 saturated carbocycles. The zero-order valence-corrected chi connectivity index (χ0v) is 82.3. The maximum atomic E-state index is 12.4. The van der Waals surface area contributed by atoms with Crippen LogP contribution in [-0.2, 0) is 19.0 Å². The highest BCUT2D eigenvalue weighted by atomic mass is 79.9. The molecule has 0 aliphatic carbocycles. The zero-order chi connectivity index (χ0) is 90.1. The van der Waals surface area contributed by atoms with E-state index in [4.69, 9.17) is 16.6 Å². The van der Waals surface area contributed by atoms with Crippen molar-refractivity contribution in [1.82, 2.24) is 20.4 Å². The Kier molecular flexibility index (Phi) is 54.6. The van der Waals surface area contributed by atoms with E-state index < -0.39 is 34.2 Å². The van der Waals surface area contributed by atoms with Crippen LogP contribution in [0.25, 0.3) is 0 Å². The number of nitrogens with zero attached hydrogens (tertiary/aromatic N) is 2. The van der Waals surface area contributed by atoms with Crippen LogP contribution in [0.2, 0.25) is 0 Å². The van der Waals surface area contributed by atoms with Crippen LogP contribution in [0.1, 0.15) is 64.2 Å². The molecular weight excluding hydrogens is 1770 g/mol. The molecule has 0 heterocycles. The van der Waals surface area contributed by atoms with Gasteiger partial charge in [-0.2, -0.15) is 0 Å². The van der Waals surface area contributed by atoms with E-state index in [1.807, 2.05) is 41.5 Å². The predicted molar refractivity (Wildman–Crippen MR) is 556 cm³/mol. The molecule has 0 spiro atoms. The number of benzene rings is 12. The van der Waals surface area contributed by atoms with Crippen LogP contribution in [0.3, 0.4) is 0 Å². The van der Waals surface area contributed by atoms with Crippen LogP contribution in [-0.4, -0.2) is 167 Å². The number of nitrogens with one attached hydrogen (secondary N) is 2. The molecule has 21 heteroatoms. The van der Waals surface area contributed by atoms with E-state index in [1.165, 1.54) is 96.0 Å². The number of carbonyl (C=O) groups excluding carboxylic acids is 3. The fourth-order valence-corrected chi connectivity index (χ4v) is 27.7. The van der Waals surface area contributed by atoms with Gasteiger partial charge in [0.15, 0.2) is 0 Å². The minimum atomic E-state index is -1.00. The summed E-state index contributed by atoms with van der Waals surface area (Å²) in [6.45, 7) is 24.8. The number of ether oxygens (including phenoxy) is 3. The Balaban J connectivity index is 0.000000306. The monoisotopic (exact) mass is 1910 g/mol. The van der Waals surface area contributed by atoms with Crippen molar-refractivity contribution >= 4 is 145 Å². The summed E-state index contributed by atoms with van der Waals surface area (Å²) in [6.07, 6.45) is 6.14. The summed E-state index contributed by atoms with van der Waals surface area (Å²) < 4.78 is 30.4. The number of esters is 1. The maximum absolute atomic E-state index is 12.4. The number of nitrogens with two attached hydrogens (primary N) is 2. The lowest BCUT2D eigenvalue weighted by atomic mass is 10.2. The molecule has 0 aliphatic rings. The second-order valence-corrected chi connectivity index (χ2v) is 45.6. The lowest BCUT2D eigenvalue weighted by Gasteiger charge is -2.28. The van der Waals surface area contributed by atoms with Gasteiger partial charge in [-0.05, 0) is 184 Å². The third-order valence-corrected chi connectivity index (χ3v) is 34.6. The Bertz CT molecular complexity index is 4300. The molecule has 127 heavy (non-hydrogen) atoms. The van der Waals surface area contributed by atoms with Gasteiger partial charge in [-0.3, -0.25) is 9.18 Å². The van der Waals surface area contributed by atoms with E-state index in [0.717, 1.165) is 69.2 Å². The Labute approximate surface area is 783 Å². The van der Waals surface area contributed by atoms with Crippen LogP contribution >= 0.6 is 63.5 Å². The molecule has 0 fully saturated rings. The van der Waals surface area contributed by atoms with Crippen LogP contribution in [0.5, 0.6) is 0 Å². The van der Waals surface area contributed by atoms with Gasteiger partial charge in [0.2, 0.25) is 0 Å². The number of carbonyl (C=O) groups is 3. The summed E-state index contributed by atoms with van der Waals surface area (Å²) in [6, 6.07) is 132. The normalized spacial score (nSPS) is 11.0. The first-order valence-electron chi connectivity index (χ1n) is 43.7. The smallest absolute Gasteiger partial charge is 0.407 e. The van der Waals surface area contributed by atoms with Gasteiger partial charge >= 0.3 is 18.2 Å². The molecule has 676 valence electrons. The largest absolute Gasteiger partial charge is 1.00 e. The Morgan fingerprint density at radius 2 is 0.551 bits per heavy atom. The van der Waals surface area contributed by atoms with Crippen molar-refractivity contribution in [2.24, 2.45) is 5.73 Å². The average Bonchev–Trinajstić information content (AvgIpc) is 0.853. The number of amides is 2. The van der Waals surface area contributed by atoms with E-state index in [1.54, 1.807) is 6.92 Å². The number of alkyl halides is 2. The molecule has 12 aromatic rings. The summed E-state index contributed by atoms with van der Waals surface area (Å²) in [4.78, 5) is 38.2. The minimum absolute atomic E-state index is 0. The summed E-state index contributed by atoms with van der Waals surface area (Å²) >= 11 is 3.19. The maximum Gasteiger partial charge on any atom is 0.407 e. The highest BCUT2D eigenvalue weighted by molar-refractivity contribution is 9.09. The highest BCUT2D eigenvalue weighted by Gasteiger charge is 2.24. The SMILES string of the molecule is C.CC(C)(C)OC(=O)NCCBr.CC(C)(C)OC(=O)NCCN(CCP(c1ccccc1)c1ccccc1)CCP(c1ccccc1)c1ccccc1.CCOC(C)=O.NCCN(CCP(c1ccccc1)c1ccccc1)CCP(c1ccccc1)c1ccccc1.[2H]CF.[Cl-].c1ccc(P(CC[NH2+]CCP(c2ccccc2)c2ccccc2)c2ccccc2)cc1. The molecule has 0 radical (unpaired) electrons. The molecule has 6 N–H and O–H groups in total. The minimum Gasteiger partial charge on any atom is -1.00 e. The van der Waals surface area contributed by atoms with E-state index in [9.17, 15) is 18.8 Å². The van der Waals surface area contributed by atoms with E-state index >= 15 is 0 Å². The second-order valence-electron chi connectivity index (χ2n) is 30.7.